The highest BCUT2D eigenvalue weighted by atomic mass is 79.9. The van der Waals surface area contributed by atoms with Gasteiger partial charge in [0, 0.05) is 29.6 Å². The Balaban J connectivity index is 1.43. The summed E-state index contributed by atoms with van der Waals surface area (Å²) in [5.74, 6) is 1.51. The topological polar surface area (TPSA) is 77.1 Å². The van der Waals surface area contributed by atoms with E-state index in [-0.39, 0.29) is 31.4 Å². The van der Waals surface area contributed by atoms with Gasteiger partial charge in [-0.25, -0.2) is 0 Å². The van der Waals surface area contributed by atoms with Gasteiger partial charge in [0.05, 0.1) is 11.4 Å². The first-order valence-electron chi connectivity index (χ1n) is 8.53. The Bertz CT molecular complexity index is 902. The fourth-order valence-electron chi connectivity index (χ4n) is 2.98. The number of ether oxygens (including phenoxy) is 3. The normalized spacial score (nSPS) is 15.0. The van der Waals surface area contributed by atoms with Gasteiger partial charge in [-0.1, -0.05) is 12.1 Å². The molecule has 0 spiro atoms. The fourth-order valence-corrected chi connectivity index (χ4v) is 3.41. The quantitative estimate of drug-likeness (QED) is 0.803. The van der Waals surface area contributed by atoms with Crippen LogP contribution in [0.25, 0.3) is 0 Å². The average molecular weight is 433 g/mol. The van der Waals surface area contributed by atoms with Crippen LogP contribution in [0.3, 0.4) is 0 Å². The Morgan fingerprint density at radius 3 is 2.63 bits per heavy atom. The number of fused-ring (bicyclic) bond motifs is 2. The van der Waals surface area contributed by atoms with Gasteiger partial charge in [-0.15, -0.1) is 0 Å². The van der Waals surface area contributed by atoms with Gasteiger partial charge in [-0.3, -0.25) is 9.59 Å². The molecule has 27 heavy (non-hydrogen) atoms. The Kier molecular flexibility index (Phi) is 4.89. The van der Waals surface area contributed by atoms with Gasteiger partial charge in [-0.05, 0) is 28.1 Å². The second-order valence-corrected chi connectivity index (χ2v) is 6.93. The largest absolute Gasteiger partial charge is 0.486 e. The maximum atomic E-state index is 12.4. The lowest BCUT2D eigenvalue weighted by Crippen LogP contribution is -2.40. The van der Waals surface area contributed by atoms with Crippen LogP contribution in [0, 0.1) is 0 Å². The first-order chi connectivity index (χ1) is 13.1. The van der Waals surface area contributed by atoms with Crippen molar-refractivity contribution in [2.45, 2.75) is 6.42 Å². The van der Waals surface area contributed by atoms with Gasteiger partial charge in [0.1, 0.15) is 19.0 Å². The van der Waals surface area contributed by atoms with Crippen molar-refractivity contribution in [3.8, 4) is 17.2 Å². The van der Waals surface area contributed by atoms with Gasteiger partial charge in [0.2, 0.25) is 5.91 Å². The third kappa shape index (κ3) is 3.71. The van der Waals surface area contributed by atoms with Crippen LogP contribution >= 0.6 is 15.9 Å². The molecule has 2 aromatic rings. The second-order valence-electron chi connectivity index (χ2n) is 6.08. The number of rotatable bonds is 4. The van der Waals surface area contributed by atoms with E-state index in [1.165, 1.54) is 0 Å². The zero-order chi connectivity index (χ0) is 18.8. The van der Waals surface area contributed by atoms with Crippen LogP contribution in [-0.4, -0.2) is 38.2 Å². The van der Waals surface area contributed by atoms with Crippen LogP contribution in [0.5, 0.6) is 17.2 Å². The fraction of sp³-hybridized carbons (Fsp3) is 0.263. The van der Waals surface area contributed by atoms with Crippen molar-refractivity contribution in [2.75, 3.05) is 36.6 Å². The number of benzene rings is 2. The van der Waals surface area contributed by atoms with Crippen molar-refractivity contribution in [3.05, 3.63) is 40.9 Å². The third-order valence-electron chi connectivity index (χ3n) is 4.28. The molecule has 1 N–H and O–H groups in total. The minimum Gasteiger partial charge on any atom is -0.486 e. The molecule has 2 aromatic carbocycles. The summed E-state index contributed by atoms with van der Waals surface area (Å²) in [5.41, 5.74) is 1.28. The summed E-state index contributed by atoms with van der Waals surface area (Å²) in [6, 6.07) is 10.8. The summed E-state index contributed by atoms with van der Waals surface area (Å²) >= 11 is 3.43. The van der Waals surface area contributed by atoms with Crippen molar-refractivity contribution in [1.29, 1.82) is 0 Å². The van der Waals surface area contributed by atoms with E-state index in [1.54, 1.807) is 23.1 Å². The zero-order valence-corrected chi connectivity index (χ0v) is 16.0. The molecule has 2 heterocycles. The molecular formula is C19H17BrN2O5. The highest BCUT2D eigenvalue weighted by molar-refractivity contribution is 9.10. The summed E-state index contributed by atoms with van der Waals surface area (Å²) in [5, 5.41) is 2.85. The van der Waals surface area contributed by atoms with Crippen LogP contribution in [0.15, 0.2) is 40.9 Å². The van der Waals surface area contributed by atoms with E-state index >= 15 is 0 Å². The van der Waals surface area contributed by atoms with Gasteiger partial charge in [0.15, 0.2) is 18.1 Å². The molecule has 0 bridgehead atoms. The number of nitrogens with one attached hydrogen (secondary N) is 1. The summed E-state index contributed by atoms with van der Waals surface area (Å²) in [4.78, 5) is 26.2. The predicted octanol–water partition coefficient (Wildman–Crippen LogP) is 2.97. The van der Waals surface area contributed by atoms with Crippen LogP contribution in [0.4, 0.5) is 11.4 Å². The standard InChI is InChI=1S/C19H17BrN2O5/c20-12-9-16-17(26-8-7-25-16)10-13(12)21-18(23)5-6-22-14-3-1-2-4-15(14)27-11-19(22)24/h1-4,9-10H,5-8,11H2,(H,21,23). The van der Waals surface area contributed by atoms with Gasteiger partial charge in [-0.2, -0.15) is 0 Å². The smallest absolute Gasteiger partial charge is 0.265 e. The average Bonchev–Trinajstić information content (AvgIpc) is 2.68. The van der Waals surface area contributed by atoms with Crippen LogP contribution in [0.1, 0.15) is 6.42 Å². The molecule has 7 nitrogen and oxygen atoms in total. The third-order valence-corrected chi connectivity index (χ3v) is 4.93. The molecule has 0 radical (unpaired) electrons. The van der Waals surface area contributed by atoms with E-state index in [1.807, 2.05) is 18.2 Å². The molecule has 0 unspecified atom stereocenters. The first kappa shape index (κ1) is 17.7. The Hall–Kier alpha value is -2.74. The monoisotopic (exact) mass is 432 g/mol. The van der Waals surface area contributed by atoms with Crippen molar-refractivity contribution >= 4 is 39.1 Å². The van der Waals surface area contributed by atoms with Gasteiger partial charge < -0.3 is 24.4 Å². The lowest BCUT2D eigenvalue weighted by molar-refractivity contribution is -0.121. The van der Waals surface area contributed by atoms with E-state index < -0.39 is 0 Å². The van der Waals surface area contributed by atoms with E-state index in [0.717, 1.165) is 0 Å². The number of carbonyl (C=O) groups excluding carboxylic acids is 2. The molecule has 2 aliphatic heterocycles. The van der Waals surface area contributed by atoms with E-state index in [9.17, 15) is 9.59 Å². The molecule has 8 heteroatoms. The number of hydrogen-bond acceptors (Lipinski definition) is 5. The van der Waals surface area contributed by atoms with E-state index in [2.05, 4.69) is 21.2 Å². The minimum absolute atomic E-state index is 0.0215. The molecule has 0 atom stereocenters. The second kappa shape index (κ2) is 7.48. The number of nitrogens with zero attached hydrogens (tertiary/aromatic N) is 1. The number of amides is 2. The van der Waals surface area contributed by atoms with Gasteiger partial charge in [0.25, 0.3) is 5.91 Å². The molecule has 0 saturated heterocycles. The predicted molar refractivity (Wildman–Crippen MR) is 103 cm³/mol. The van der Waals surface area contributed by atoms with Crippen LogP contribution in [0.2, 0.25) is 0 Å². The number of halogens is 1. The molecule has 140 valence electrons. The summed E-state index contributed by atoms with van der Waals surface area (Å²) in [7, 11) is 0. The van der Waals surface area contributed by atoms with Crippen molar-refractivity contribution in [3.63, 3.8) is 0 Å². The Labute approximate surface area is 164 Å². The minimum atomic E-state index is -0.204. The molecule has 0 saturated carbocycles. The molecule has 0 aliphatic carbocycles. The number of hydrogen-bond donors (Lipinski definition) is 1. The Morgan fingerprint density at radius 1 is 1.07 bits per heavy atom. The van der Waals surface area contributed by atoms with Gasteiger partial charge >= 0.3 is 0 Å². The van der Waals surface area contributed by atoms with Crippen molar-refractivity contribution in [2.24, 2.45) is 0 Å². The molecule has 2 aliphatic rings. The number of para-hydroxylation sites is 2. The Morgan fingerprint density at radius 2 is 1.81 bits per heavy atom. The highest BCUT2D eigenvalue weighted by Crippen LogP contribution is 2.38. The molecule has 2 amide bonds. The van der Waals surface area contributed by atoms with E-state index in [4.69, 9.17) is 14.2 Å². The maximum absolute atomic E-state index is 12.4. The molecule has 0 fully saturated rings. The number of carbonyl (C=O) groups is 2. The van der Waals surface area contributed by atoms with Crippen LogP contribution < -0.4 is 24.4 Å². The lowest BCUT2D eigenvalue weighted by Gasteiger charge is -2.29. The molecule has 4 rings (SSSR count). The molecular weight excluding hydrogens is 416 g/mol. The van der Waals surface area contributed by atoms with Crippen LogP contribution in [-0.2, 0) is 9.59 Å². The first-order valence-corrected chi connectivity index (χ1v) is 9.32. The molecule has 0 aromatic heterocycles. The SMILES string of the molecule is O=C(CCN1C(=O)COc2ccccc21)Nc1cc2c(cc1Br)OCCO2. The maximum Gasteiger partial charge on any atom is 0.265 e. The lowest BCUT2D eigenvalue weighted by atomic mass is 10.2. The number of anilines is 2. The zero-order valence-electron chi connectivity index (χ0n) is 14.4. The summed E-state index contributed by atoms with van der Waals surface area (Å²) < 4.78 is 17.2. The van der Waals surface area contributed by atoms with Crippen molar-refractivity contribution in [1.82, 2.24) is 0 Å². The highest BCUT2D eigenvalue weighted by Gasteiger charge is 2.25. The van der Waals surface area contributed by atoms with E-state index in [0.29, 0.717) is 46.3 Å². The van der Waals surface area contributed by atoms with Crippen molar-refractivity contribution < 1.29 is 23.8 Å². The summed E-state index contributed by atoms with van der Waals surface area (Å²) in [6.45, 7) is 1.22. The summed E-state index contributed by atoms with van der Waals surface area (Å²) in [6.07, 6.45) is 0.154.